The van der Waals surface area contributed by atoms with Gasteiger partial charge >= 0.3 is 0 Å². The third-order valence-corrected chi connectivity index (χ3v) is 8.02. The second kappa shape index (κ2) is 11.9. The van der Waals surface area contributed by atoms with E-state index in [9.17, 15) is 13.6 Å². The molecule has 41 heavy (non-hydrogen) atoms. The molecule has 2 fully saturated rings. The summed E-state index contributed by atoms with van der Waals surface area (Å²) in [5, 5.41) is 15.1. The summed E-state index contributed by atoms with van der Waals surface area (Å²) in [7, 11) is 2.13. The Kier molecular flexibility index (Phi) is 7.93. The van der Waals surface area contributed by atoms with Crippen LogP contribution in [0.3, 0.4) is 0 Å². The van der Waals surface area contributed by atoms with Gasteiger partial charge in [-0.15, -0.1) is 10.2 Å². The third-order valence-electron chi connectivity index (χ3n) is 8.02. The van der Waals surface area contributed by atoms with Gasteiger partial charge in [-0.3, -0.25) is 4.79 Å². The molecule has 6 rings (SSSR count). The smallest absolute Gasteiger partial charge is 0.258 e. The number of amides is 1. The lowest BCUT2D eigenvalue weighted by molar-refractivity contribution is 0.0904. The number of halogens is 2. The normalized spacial score (nSPS) is 19.6. The number of hydrogen-bond donors (Lipinski definition) is 2. The molecule has 2 aromatic carbocycles. The Morgan fingerprint density at radius 1 is 1.00 bits per heavy atom. The zero-order valence-corrected chi connectivity index (χ0v) is 23.1. The van der Waals surface area contributed by atoms with Gasteiger partial charge in [0, 0.05) is 68.4 Å². The van der Waals surface area contributed by atoms with E-state index in [0.717, 1.165) is 67.6 Å². The van der Waals surface area contributed by atoms with Crippen molar-refractivity contribution in [2.24, 2.45) is 10.2 Å². The van der Waals surface area contributed by atoms with Gasteiger partial charge < -0.3 is 25.2 Å². The molecular formula is C31H34F2N6O2. The molecule has 2 saturated heterocycles. The number of anilines is 2. The van der Waals surface area contributed by atoms with E-state index in [-0.39, 0.29) is 11.9 Å². The van der Waals surface area contributed by atoms with Gasteiger partial charge in [-0.25, -0.2) is 8.78 Å². The van der Waals surface area contributed by atoms with Gasteiger partial charge in [0.1, 0.15) is 11.6 Å². The first-order chi connectivity index (χ1) is 19.9. The summed E-state index contributed by atoms with van der Waals surface area (Å²) >= 11 is 0. The Hall–Kier alpha value is -3.89. The molecule has 0 atom stereocenters. The molecule has 0 radical (unpaired) electrons. The van der Waals surface area contributed by atoms with Gasteiger partial charge in [-0.2, -0.15) is 0 Å². The highest BCUT2D eigenvalue weighted by atomic mass is 19.1. The van der Waals surface area contributed by atoms with Crippen molar-refractivity contribution in [2.75, 3.05) is 56.7 Å². The van der Waals surface area contributed by atoms with Crippen LogP contribution in [-0.2, 0) is 11.2 Å². The third kappa shape index (κ3) is 6.39. The number of carbonyl (C=O) groups is 1. The van der Waals surface area contributed by atoms with E-state index < -0.39 is 11.6 Å². The summed E-state index contributed by atoms with van der Waals surface area (Å²) in [6.07, 6.45) is 6.34. The fourth-order valence-corrected chi connectivity index (χ4v) is 5.68. The first kappa shape index (κ1) is 27.3. The van der Waals surface area contributed by atoms with Crippen LogP contribution in [0.25, 0.3) is 0 Å². The van der Waals surface area contributed by atoms with Crippen molar-refractivity contribution in [1.82, 2.24) is 10.2 Å². The molecule has 2 N–H and O–H groups in total. The van der Waals surface area contributed by atoms with Crippen LogP contribution in [0.5, 0.6) is 0 Å². The maximum atomic E-state index is 13.7. The van der Waals surface area contributed by atoms with Crippen LogP contribution >= 0.6 is 0 Å². The number of allylic oxidation sites excluding steroid dienone is 4. The van der Waals surface area contributed by atoms with E-state index in [1.165, 1.54) is 12.1 Å². The lowest BCUT2D eigenvalue weighted by atomic mass is 9.92. The largest absolute Gasteiger partial charge is 0.381 e. The van der Waals surface area contributed by atoms with Crippen LogP contribution in [0.15, 0.2) is 81.4 Å². The van der Waals surface area contributed by atoms with Crippen LogP contribution in [-0.4, -0.2) is 63.3 Å². The summed E-state index contributed by atoms with van der Waals surface area (Å²) in [6.45, 7) is 5.24. The SMILES string of the molecule is CN1CCN(c2ccc(C(=O)NC3=C4CC(Cc5cc(F)cc(F)c5)=CC=C4N=N3)c(NC3CCOCC3)c2)CC1. The molecule has 214 valence electrons. The Labute approximate surface area is 238 Å². The lowest BCUT2D eigenvalue weighted by Crippen LogP contribution is -2.44. The molecule has 0 bridgehead atoms. The monoisotopic (exact) mass is 560 g/mol. The summed E-state index contributed by atoms with van der Waals surface area (Å²) in [4.78, 5) is 18.3. The fraction of sp³-hybridized carbons (Fsp3) is 0.387. The van der Waals surface area contributed by atoms with Gasteiger partial charge in [-0.05, 0) is 74.7 Å². The number of nitrogens with zero attached hydrogens (tertiary/aromatic N) is 4. The minimum atomic E-state index is -0.602. The zero-order valence-electron chi connectivity index (χ0n) is 23.1. The van der Waals surface area contributed by atoms with Gasteiger partial charge in [0.15, 0.2) is 5.82 Å². The number of likely N-dealkylation sites (N-methyl/N-ethyl adjacent to an activating group) is 1. The zero-order chi connectivity index (χ0) is 28.3. The minimum absolute atomic E-state index is 0.222. The van der Waals surface area contributed by atoms with Crippen molar-refractivity contribution in [3.8, 4) is 0 Å². The van der Waals surface area contributed by atoms with Crippen LogP contribution in [0.2, 0.25) is 0 Å². The number of benzene rings is 2. The molecule has 1 aliphatic carbocycles. The average Bonchev–Trinajstić information content (AvgIpc) is 3.35. The van der Waals surface area contributed by atoms with E-state index in [1.54, 1.807) is 0 Å². The van der Waals surface area contributed by atoms with Crippen molar-refractivity contribution in [1.29, 1.82) is 0 Å². The molecule has 10 heteroatoms. The number of nitrogens with one attached hydrogen (secondary N) is 2. The van der Waals surface area contributed by atoms with Crippen LogP contribution in [0.1, 0.15) is 35.2 Å². The standard InChI is InChI=1S/C31H34F2N6O2/c1-38-8-10-39(11-9-38)25-3-4-26(29(19-25)34-24-6-12-41-13-7-24)31(40)35-30-27-17-20(2-5-28(27)36-37-30)14-21-15-22(32)18-23(33)16-21/h2-5,15-16,18-19,24,34H,6-14,17H2,1H3,(H,35,40). The molecule has 3 aliphatic heterocycles. The number of azo groups is 1. The van der Waals surface area contributed by atoms with Crippen molar-refractivity contribution >= 4 is 17.3 Å². The molecule has 4 aliphatic rings. The molecule has 0 unspecified atom stereocenters. The maximum absolute atomic E-state index is 13.7. The average molecular weight is 561 g/mol. The Bertz CT molecular complexity index is 1430. The quantitative estimate of drug-likeness (QED) is 0.488. The number of hydrogen-bond acceptors (Lipinski definition) is 7. The first-order valence-electron chi connectivity index (χ1n) is 14.1. The number of fused-ring (bicyclic) bond motifs is 1. The van der Waals surface area contributed by atoms with Crippen molar-refractivity contribution in [2.45, 2.75) is 31.7 Å². The molecular weight excluding hydrogens is 526 g/mol. The summed E-state index contributed by atoms with van der Waals surface area (Å²) in [6, 6.07) is 9.72. The van der Waals surface area contributed by atoms with Crippen LogP contribution in [0.4, 0.5) is 20.2 Å². The van der Waals surface area contributed by atoms with Crippen LogP contribution < -0.4 is 15.5 Å². The van der Waals surface area contributed by atoms with Gasteiger partial charge in [-0.1, -0.05) is 11.6 Å². The highest BCUT2D eigenvalue weighted by Crippen LogP contribution is 2.35. The lowest BCUT2D eigenvalue weighted by Gasteiger charge is -2.34. The van der Waals surface area contributed by atoms with E-state index >= 15 is 0 Å². The predicted molar refractivity (Wildman–Crippen MR) is 154 cm³/mol. The molecule has 0 saturated carbocycles. The van der Waals surface area contributed by atoms with E-state index in [4.69, 9.17) is 4.74 Å². The second-order valence-electron chi connectivity index (χ2n) is 11.0. The first-order valence-corrected chi connectivity index (χ1v) is 14.1. The maximum Gasteiger partial charge on any atom is 0.258 e. The molecule has 0 aromatic heterocycles. The number of piperazine rings is 1. The highest BCUT2D eigenvalue weighted by molar-refractivity contribution is 6.01. The molecule has 1 amide bonds. The van der Waals surface area contributed by atoms with E-state index in [1.807, 2.05) is 24.3 Å². The summed E-state index contributed by atoms with van der Waals surface area (Å²) in [5.41, 5.74) is 5.39. The number of carbonyl (C=O) groups excluding carboxylic acids is 1. The molecule has 2 aromatic rings. The van der Waals surface area contributed by atoms with Crippen LogP contribution in [0, 0.1) is 11.6 Å². The topological polar surface area (TPSA) is 81.6 Å². The molecule has 8 nitrogen and oxygen atoms in total. The molecule has 0 spiro atoms. The number of ether oxygens (including phenoxy) is 1. The fourth-order valence-electron chi connectivity index (χ4n) is 5.68. The van der Waals surface area contributed by atoms with Gasteiger partial charge in [0.05, 0.1) is 11.3 Å². The van der Waals surface area contributed by atoms with E-state index in [2.05, 4.69) is 43.8 Å². The van der Waals surface area contributed by atoms with Crippen molar-refractivity contribution in [3.05, 3.63) is 94.0 Å². The Morgan fingerprint density at radius 2 is 1.76 bits per heavy atom. The Morgan fingerprint density at radius 3 is 2.51 bits per heavy atom. The second-order valence-corrected chi connectivity index (χ2v) is 11.0. The summed E-state index contributed by atoms with van der Waals surface area (Å²) in [5.74, 6) is -1.07. The Balaban J connectivity index is 1.21. The minimum Gasteiger partial charge on any atom is -0.381 e. The van der Waals surface area contributed by atoms with Gasteiger partial charge in [0.25, 0.3) is 5.91 Å². The molecule has 3 heterocycles. The van der Waals surface area contributed by atoms with Crippen molar-refractivity contribution < 1.29 is 18.3 Å². The van der Waals surface area contributed by atoms with E-state index in [0.29, 0.717) is 48.7 Å². The number of rotatable bonds is 7. The predicted octanol–water partition coefficient (Wildman–Crippen LogP) is 5.17. The van der Waals surface area contributed by atoms with Crippen molar-refractivity contribution in [3.63, 3.8) is 0 Å². The van der Waals surface area contributed by atoms with Gasteiger partial charge in [0.2, 0.25) is 0 Å². The highest BCUT2D eigenvalue weighted by Gasteiger charge is 2.26. The summed E-state index contributed by atoms with van der Waals surface area (Å²) < 4.78 is 33.0.